The Morgan fingerprint density at radius 1 is 1.26 bits per heavy atom. The van der Waals surface area contributed by atoms with Gasteiger partial charge in [-0.25, -0.2) is 0 Å². The number of benzene rings is 1. The summed E-state index contributed by atoms with van der Waals surface area (Å²) in [5.41, 5.74) is 1.23. The first-order valence-electron chi connectivity index (χ1n) is 10.3. The van der Waals surface area contributed by atoms with Gasteiger partial charge in [-0.2, -0.15) is 5.10 Å². The fourth-order valence-corrected chi connectivity index (χ4v) is 3.03. The second-order valence-corrected chi connectivity index (χ2v) is 8.68. The van der Waals surface area contributed by atoms with Crippen molar-refractivity contribution in [3.8, 4) is 0 Å². The molecule has 2 aromatic rings. The van der Waals surface area contributed by atoms with Gasteiger partial charge in [-0.15, -0.1) is 0 Å². The standard InChI is InChI=1S/C22H31N5O4/c1-7-8-11-26(21(29)16-10-9-15(2)17(12-16)27(30)31)14-20(28)23-19-13-18(22(3,4)5)24-25(19)6/h9-10,12-13H,7-8,11,14H2,1-6H3,(H,23,28). The molecule has 9 heteroatoms. The van der Waals surface area contributed by atoms with Crippen molar-refractivity contribution in [1.29, 1.82) is 0 Å². The molecule has 0 saturated heterocycles. The number of carbonyl (C=O) groups excluding carboxylic acids is 2. The van der Waals surface area contributed by atoms with Gasteiger partial charge in [0.25, 0.3) is 11.6 Å². The second kappa shape index (κ2) is 9.72. The molecule has 0 aliphatic carbocycles. The summed E-state index contributed by atoms with van der Waals surface area (Å²) in [6.45, 7) is 9.93. The highest BCUT2D eigenvalue weighted by Crippen LogP contribution is 2.24. The molecule has 2 rings (SSSR count). The first kappa shape index (κ1) is 24.0. The number of carbonyl (C=O) groups is 2. The zero-order valence-corrected chi connectivity index (χ0v) is 19.1. The van der Waals surface area contributed by atoms with E-state index in [1.54, 1.807) is 30.8 Å². The van der Waals surface area contributed by atoms with Crippen LogP contribution in [0.25, 0.3) is 0 Å². The largest absolute Gasteiger partial charge is 0.329 e. The number of nitro groups is 1. The van der Waals surface area contributed by atoms with Gasteiger partial charge in [0.05, 0.1) is 10.6 Å². The molecule has 0 atom stereocenters. The van der Waals surface area contributed by atoms with E-state index in [4.69, 9.17) is 0 Å². The van der Waals surface area contributed by atoms with Crippen LogP contribution in [0.2, 0.25) is 0 Å². The van der Waals surface area contributed by atoms with Gasteiger partial charge in [-0.1, -0.05) is 40.2 Å². The van der Waals surface area contributed by atoms with Crippen LogP contribution in [0.1, 0.15) is 62.2 Å². The highest BCUT2D eigenvalue weighted by Gasteiger charge is 2.23. The number of unbranched alkanes of at least 4 members (excludes halogenated alkanes) is 1. The number of nitro benzene ring substituents is 1. The Bertz CT molecular complexity index is 975. The summed E-state index contributed by atoms with van der Waals surface area (Å²) in [6.07, 6.45) is 1.56. The van der Waals surface area contributed by atoms with E-state index >= 15 is 0 Å². The zero-order valence-electron chi connectivity index (χ0n) is 19.1. The molecule has 0 aliphatic rings. The number of anilines is 1. The minimum absolute atomic E-state index is 0.115. The topological polar surface area (TPSA) is 110 Å². The first-order valence-corrected chi connectivity index (χ1v) is 10.3. The van der Waals surface area contributed by atoms with Crippen molar-refractivity contribution < 1.29 is 14.5 Å². The molecule has 0 fully saturated rings. The van der Waals surface area contributed by atoms with Crippen LogP contribution in [0.3, 0.4) is 0 Å². The van der Waals surface area contributed by atoms with Crippen molar-refractivity contribution in [1.82, 2.24) is 14.7 Å². The van der Waals surface area contributed by atoms with E-state index in [9.17, 15) is 19.7 Å². The minimum atomic E-state index is -0.510. The van der Waals surface area contributed by atoms with Crippen LogP contribution in [0, 0.1) is 17.0 Å². The van der Waals surface area contributed by atoms with E-state index in [1.165, 1.54) is 11.0 Å². The molecule has 1 heterocycles. The van der Waals surface area contributed by atoms with Gasteiger partial charge in [-0.05, 0) is 19.4 Å². The molecule has 1 N–H and O–H groups in total. The lowest BCUT2D eigenvalue weighted by atomic mass is 9.92. The fourth-order valence-electron chi connectivity index (χ4n) is 3.03. The van der Waals surface area contributed by atoms with Gasteiger partial charge in [0.1, 0.15) is 12.4 Å². The Labute approximate surface area is 182 Å². The van der Waals surface area contributed by atoms with Crippen molar-refractivity contribution in [2.24, 2.45) is 7.05 Å². The second-order valence-electron chi connectivity index (χ2n) is 8.68. The Kier molecular flexibility index (Phi) is 7.54. The Morgan fingerprint density at radius 2 is 1.94 bits per heavy atom. The van der Waals surface area contributed by atoms with Crippen LogP contribution in [0.4, 0.5) is 11.5 Å². The maximum Gasteiger partial charge on any atom is 0.273 e. The highest BCUT2D eigenvalue weighted by atomic mass is 16.6. The molecule has 168 valence electrons. The van der Waals surface area contributed by atoms with E-state index in [0.717, 1.165) is 12.1 Å². The molecule has 0 unspecified atom stereocenters. The predicted molar refractivity (Wildman–Crippen MR) is 119 cm³/mol. The van der Waals surface area contributed by atoms with Gasteiger partial charge in [0.2, 0.25) is 5.91 Å². The average molecular weight is 430 g/mol. The molecule has 0 radical (unpaired) electrons. The van der Waals surface area contributed by atoms with Crippen molar-refractivity contribution in [3.05, 3.63) is 51.2 Å². The molecular weight excluding hydrogens is 398 g/mol. The summed E-state index contributed by atoms with van der Waals surface area (Å²) in [7, 11) is 1.75. The zero-order chi connectivity index (χ0) is 23.3. The van der Waals surface area contributed by atoms with Gasteiger partial charge < -0.3 is 10.2 Å². The summed E-state index contributed by atoms with van der Waals surface area (Å²) in [4.78, 5) is 37.9. The monoisotopic (exact) mass is 429 g/mol. The fraction of sp³-hybridized carbons (Fsp3) is 0.500. The number of amides is 2. The van der Waals surface area contributed by atoms with Gasteiger partial charge >= 0.3 is 0 Å². The summed E-state index contributed by atoms with van der Waals surface area (Å²) < 4.78 is 1.60. The summed E-state index contributed by atoms with van der Waals surface area (Å²) in [5, 5.41) is 18.5. The maximum absolute atomic E-state index is 13.0. The van der Waals surface area contributed by atoms with Gasteiger partial charge in [-0.3, -0.25) is 24.4 Å². The molecule has 0 saturated carbocycles. The summed E-state index contributed by atoms with van der Waals surface area (Å²) >= 11 is 0. The SMILES string of the molecule is CCCCN(CC(=O)Nc1cc(C(C)(C)C)nn1C)C(=O)c1ccc(C)c([N+](=O)[O-])c1. The van der Waals surface area contributed by atoms with Crippen LogP contribution >= 0.6 is 0 Å². The predicted octanol–water partition coefficient (Wildman–Crippen LogP) is 3.82. The molecule has 31 heavy (non-hydrogen) atoms. The lowest BCUT2D eigenvalue weighted by molar-refractivity contribution is -0.385. The quantitative estimate of drug-likeness (QED) is 0.507. The van der Waals surface area contributed by atoms with Crippen LogP contribution < -0.4 is 5.32 Å². The third-order valence-corrected chi connectivity index (χ3v) is 4.97. The van der Waals surface area contributed by atoms with E-state index in [1.807, 2.05) is 33.8 Å². The molecule has 1 aromatic carbocycles. The van der Waals surface area contributed by atoms with Gasteiger partial charge in [0.15, 0.2) is 0 Å². The Hall–Kier alpha value is -3.23. The van der Waals surface area contributed by atoms with Crippen molar-refractivity contribution in [3.63, 3.8) is 0 Å². The minimum Gasteiger partial charge on any atom is -0.329 e. The van der Waals surface area contributed by atoms with Crippen molar-refractivity contribution in [2.45, 2.75) is 52.9 Å². The molecule has 0 spiro atoms. The van der Waals surface area contributed by atoms with E-state index < -0.39 is 10.8 Å². The van der Waals surface area contributed by atoms with Crippen LogP contribution in [0.15, 0.2) is 24.3 Å². The number of hydrogen-bond acceptors (Lipinski definition) is 5. The summed E-state index contributed by atoms with van der Waals surface area (Å²) in [5.74, 6) is -0.217. The number of aryl methyl sites for hydroxylation is 2. The molecule has 9 nitrogen and oxygen atoms in total. The highest BCUT2D eigenvalue weighted by molar-refractivity contribution is 5.99. The third kappa shape index (κ3) is 6.13. The Morgan fingerprint density at radius 3 is 2.48 bits per heavy atom. The number of nitrogens with zero attached hydrogens (tertiary/aromatic N) is 4. The van der Waals surface area contributed by atoms with E-state index in [0.29, 0.717) is 24.3 Å². The lowest BCUT2D eigenvalue weighted by Gasteiger charge is -2.22. The molecule has 1 aromatic heterocycles. The van der Waals surface area contributed by atoms with Crippen molar-refractivity contribution >= 4 is 23.3 Å². The number of aromatic nitrogens is 2. The van der Waals surface area contributed by atoms with Crippen molar-refractivity contribution in [2.75, 3.05) is 18.4 Å². The molecule has 0 bridgehead atoms. The Balaban J connectivity index is 2.20. The van der Waals surface area contributed by atoms with E-state index in [2.05, 4.69) is 10.4 Å². The molecular formula is C22H31N5O4. The van der Waals surface area contributed by atoms with Crippen LogP contribution in [-0.4, -0.2) is 44.5 Å². The third-order valence-electron chi connectivity index (χ3n) is 4.97. The van der Waals surface area contributed by atoms with Crippen LogP contribution in [0.5, 0.6) is 0 Å². The molecule has 2 amide bonds. The molecule has 0 aliphatic heterocycles. The average Bonchev–Trinajstić information content (AvgIpc) is 3.05. The normalized spacial score (nSPS) is 11.3. The van der Waals surface area contributed by atoms with E-state index in [-0.39, 0.29) is 29.1 Å². The number of nitrogens with one attached hydrogen (secondary N) is 1. The van der Waals surface area contributed by atoms with Crippen LogP contribution in [-0.2, 0) is 17.3 Å². The smallest absolute Gasteiger partial charge is 0.273 e. The maximum atomic E-state index is 13.0. The van der Waals surface area contributed by atoms with Gasteiger partial charge in [0, 0.05) is 42.3 Å². The number of rotatable bonds is 8. The summed E-state index contributed by atoms with van der Waals surface area (Å²) in [6, 6.07) is 6.19. The lowest BCUT2D eigenvalue weighted by Crippen LogP contribution is -2.39. The first-order chi connectivity index (χ1) is 14.4. The number of hydrogen-bond donors (Lipinski definition) is 1.